The third-order valence-electron chi connectivity index (χ3n) is 15.9. The second kappa shape index (κ2) is 52.4. The number of carboxylic acid groups (broad SMARTS) is 2. The lowest BCUT2D eigenvalue weighted by Gasteiger charge is -2.19. The number of aliphatic carboxylic acids is 2. The molecular weight excluding hydrogens is 1090 g/mol. The minimum atomic E-state index is -1.12. The zero-order valence-corrected chi connectivity index (χ0v) is 53.5. The van der Waals surface area contributed by atoms with Crippen LogP contribution in [-0.4, -0.2) is 82.9 Å². The minimum absolute atomic E-state index is 0.0203. The Labute approximate surface area is 517 Å². The van der Waals surface area contributed by atoms with Crippen molar-refractivity contribution in [3.63, 3.8) is 0 Å². The highest BCUT2D eigenvalue weighted by molar-refractivity contribution is 5.95. The van der Waals surface area contributed by atoms with Gasteiger partial charge in [0.15, 0.2) is 6.10 Å². The van der Waals surface area contributed by atoms with E-state index in [0.29, 0.717) is 25.7 Å². The number of rotatable bonds is 56. The van der Waals surface area contributed by atoms with Gasteiger partial charge >= 0.3 is 41.8 Å². The van der Waals surface area contributed by atoms with E-state index in [-0.39, 0.29) is 80.6 Å². The maximum Gasteiger partial charge on any atom is 0.317 e. The van der Waals surface area contributed by atoms with Crippen LogP contribution in [0.2, 0.25) is 0 Å². The molecule has 0 radical (unpaired) electrons. The van der Waals surface area contributed by atoms with E-state index in [4.69, 9.17) is 18.9 Å². The van der Waals surface area contributed by atoms with Gasteiger partial charge in [0.25, 0.3) is 0 Å². The molecule has 0 aromatic carbocycles. The summed E-state index contributed by atoms with van der Waals surface area (Å²) in [6.07, 6.45) is 51.2. The fourth-order valence-corrected chi connectivity index (χ4v) is 10.7. The largest absolute Gasteiger partial charge is 0.481 e. The first kappa shape index (κ1) is 78.3. The van der Waals surface area contributed by atoms with E-state index < -0.39 is 66.1 Å². The molecule has 7 unspecified atom stereocenters. The first-order chi connectivity index (χ1) is 41.5. The fraction of sp³-hybridized carbons (Fsp3) is 0.704. The number of hydrogen-bond acceptors (Lipinski definition) is 13. The van der Waals surface area contributed by atoms with Gasteiger partial charge in [0, 0.05) is 31.6 Å². The Kier molecular flexibility index (Phi) is 47.7. The number of Topliss-reactive ketones (excluding diaryl/α,β-unsaturated/α-hetero) is 2. The molecule has 7 atom stereocenters. The number of carboxylic acids is 2. The second-order valence-corrected chi connectivity index (χ2v) is 23.5. The standard InChI is InChI=1S/C71H112O15/c1-6-9-11-12-28-38-46-60(64-53-69(79)86-71(64)82)47-39-31-26-27-34-42-50-68(78)85-61(54-83-66(76)48-40-32-24-20-16-14-13-15-18-22-29-36-43-58(8-3)62(57(5)73)51-56(4)72)55-84-67(77)49-41-33-25-21-17-19-23-30-37-45-59(44-35-10-7-2)63(70(80)81)52-65(74)75/h13,15,22-23,29-30,36-37,39,43,45,47,58-64H,6-12,14,16-21,24-28,31-35,38,40-42,44,46,48-55H2,1-5H3,(H,74,75)(H,80,81)/b15-13-,29-22-,30-23-,43-36+,45-37+,47-39+. The zero-order valence-electron chi connectivity index (χ0n) is 53.5. The number of unbranched alkanes of at least 4 members (excludes halogenated alkanes) is 21. The molecule has 486 valence electrons. The molecular formula is C71H112O15. The Morgan fingerprint density at radius 2 is 1.02 bits per heavy atom. The van der Waals surface area contributed by atoms with Crippen molar-refractivity contribution >= 4 is 53.4 Å². The molecule has 1 heterocycles. The van der Waals surface area contributed by atoms with Crippen LogP contribution in [0.1, 0.15) is 266 Å². The summed E-state index contributed by atoms with van der Waals surface area (Å²) < 4.78 is 21.7. The molecule has 1 saturated heterocycles. The molecule has 15 nitrogen and oxygen atoms in total. The third-order valence-corrected chi connectivity index (χ3v) is 15.9. The average Bonchev–Trinajstić information content (AvgIpc) is 3.97. The van der Waals surface area contributed by atoms with Gasteiger partial charge < -0.3 is 34.0 Å². The highest BCUT2D eigenvalue weighted by atomic mass is 16.6. The molecule has 1 fully saturated rings. The van der Waals surface area contributed by atoms with Crippen LogP contribution in [-0.2, 0) is 62.1 Å². The number of cyclic esters (lactones) is 2. The Morgan fingerprint density at radius 1 is 0.523 bits per heavy atom. The van der Waals surface area contributed by atoms with E-state index in [0.717, 1.165) is 141 Å². The summed E-state index contributed by atoms with van der Waals surface area (Å²) in [6, 6.07) is 0. The second-order valence-electron chi connectivity index (χ2n) is 23.5. The van der Waals surface area contributed by atoms with Gasteiger partial charge in [-0.15, -0.1) is 0 Å². The molecule has 0 spiro atoms. The van der Waals surface area contributed by atoms with Gasteiger partial charge in [0.2, 0.25) is 0 Å². The van der Waals surface area contributed by atoms with Crippen molar-refractivity contribution in [3.8, 4) is 0 Å². The van der Waals surface area contributed by atoms with Crippen molar-refractivity contribution in [1.82, 2.24) is 0 Å². The predicted molar refractivity (Wildman–Crippen MR) is 339 cm³/mol. The van der Waals surface area contributed by atoms with Gasteiger partial charge in [-0.1, -0.05) is 203 Å². The summed E-state index contributed by atoms with van der Waals surface area (Å²) in [4.78, 5) is 110. The summed E-state index contributed by atoms with van der Waals surface area (Å²) in [5.74, 6) is -6.26. The molecule has 2 N–H and O–H groups in total. The average molecular weight is 1210 g/mol. The molecule has 0 saturated carbocycles. The maximum absolute atomic E-state index is 13.1. The van der Waals surface area contributed by atoms with E-state index in [2.05, 4.69) is 44.2 Å². The lowest BCUT2D eigenvalue weighted by Crippen LogP contribution is -2.30. The Balaban J connectivity index is 2.62. The molecule has 0 aromatic rings. The summed E-state index contributed by atoms with van der Waals surface area (Å²) in [6.45, 7) is 8.93. The maximum atomic E-state index is 13.1. The van der Waals surface area contributed by atoms with Crippen LogP contribution < -0.4 is 0 Å². The summed E-state index contributed by atoms with van der Waals surface area (Å²) >= 11 is 0. The van der Waals surface area contributed by atoms with Crippen molar-refractivity contribution in [2.24, 2.45) is 35.5 Å². The molecule has 0 bridgehead atoms. The monoisotopic (exact) mass is 1200 g/mol. The van der Waals surface area contributed by atoms with Crippen molar-refractivity contribution in [2.75, 3.05) is 13.2 Å². The molecule has 0 aromatic heterocycles. The number of ketones is 2. The van der Waals surface area contributed by atoms with Crippen LogP contribution >= 0.6 is 0 Å². The van der Waals surface area contributed by atoms with Crippen molar-refractivity contribution < 1.29 is 72.3 Å². The zero-order chi connectivity index (χ0) is 63.4. The van der Waals surface area contributed by atoms with Crippen LogP contribution in [0.15, 0.2) is 72.9 Å². The van der Waals surface area contributed by atoms with E-state index in [1.165, 1.54) is 32.6 Å². The van der Waals surface area contributed by atoms with E-state index in [1.54, 1.807) is 6.92 Å². The van der Waals surface area contributed by atoms with Crippen LogP contribution in [0.5, 0.6) is 0 Å². The normalized spacial score (nSPS) is 15.9. The highest BCUT2D eigenvalue weighted by Crippen LogP contribution is 2.31. The summed E-state index contributed by atoms with van der Waals surface area (Å²) in [5.41, 5.74) is 0. The van der Waals surface area contributed by atoms with Gasteiger partial charge in [-0.25, -0.2) is 0 Å². The summed E-state index contributed by atoms with van der Waals surface area (Å²) in [5, 5.41) is 18.9. The van der Waals surface area contributed by atoms with Crippen molar-refractivity contribution in [3.05, 3.63) is 72.9 Å². The SMILES string of the molecule is CCCCCCCCC(/C=C/CCCCCCC(=O)OC(COC(=O)CCCCCCC/C=C\C=C\C(CCCCC)C(CC(=O)O)C(=O)O)COC(=O)CCCCCCC/C=C\C/C=C\C=C\C(CC)C(CC(C)=O)C(C)=O)C1CC(=O)OC1=O. The van der Waals surface area contributed by atoms with Crippen LogP contribution in [0, 0.1) is 35.5 Å². The number of esters is 5. The van der Waals surface area contributed by atoms with E-state index in [9.17, 15) is 53.4 Å². The number of hydrogen-bond donors (Lipinski definition) is 2. The molecule has 0 aliphatic carbocycles. The fourth-order valence-electron chi connectivity index (χ4n) is 10.7. The molecule has 1 aliphatic heterocycles. The smallest absolute Gasteiger partial charge is 0.317 e. The molecule has 0 amide bonds. The topological polar surface area (TPSA) is 231 Å². The van der Waals surface area contributed by atoms with Crippen LogP contribution in [0.3, 0.4) is 0 Å². The van der Waals surface area contributed by atoms with Gasteiger partial charge in [-0.05, 0) is 115 Å². The van der Waals surface area contributed by atoms with E-state index >= 15 is 0 Å². The first-order valence-electron chi connectivity index (χ1n) is 33.2. The molecule has 1 aliphatic rings. The van der Waals surface area contributed by atoms with Gasteiger partial charge in [-0.3, -0.25) is 38.4 Å². The van der Waals surface area contributed by atoms with E-state index in [1.807, 2.05) is 49.5 Å². The van der Waals surface area contributed by atoms with Gasteiger partial charge in [-0.2, -0.15) is 0 Å². The summed E-state index contributed by atoms with van der Waals surface area (Å²) in [7, 11) is 0. The lowest BCUT2D eigenvalue weighted by molar-refractivity contribution is -0.167. The van der Waals surface area contributed by atoms with Crippen molar-refractivity contribution in [1.29, 1.82) is 0 Å². The minimum Gasteiger partial charge on any atom is -0.481 e. The Bertz CT molecular complexity index is 2110. The molecule has 1 rings (SSSR count). The third kappa shape index (κ3) is 42.2. The molecule has 86 heavy (non-hydrogen) atoms. The number of carbonyl (C=O) groups is 9. The Hall–Kier alpha value is -5.73. The predicted octanol–water partition coefficient (Wildman–Crippen LogP) is 16.6. The first-order valence-corrected chi connectivity index (χ1v) is 33.2. The van der Waals surface area contributed by atoms with Gasteiger partial charge in [0.1, 0.15) is 24.8 Å². The van der Waals surface area contributed by atoms with Crippen LogP contribution in [0.4, 0.5) is 0 Å². The van der Waals surface area contributed by atoms with Gasteiger partial charge in [0.05, 0.1) is 24.7 Å². The number of carbonyl (C=O) groups excluding carboxylic acids is 7. The lowest BCUT2D eigenvalue weighted by atomic mass is 9.83. The van der Waals surface area contributed by atoms with Crippen LogP contribution in [0.25, 0.3) is 0 Å². The number of allylic oxidation sites excluding steroid dienone is 12. The molecule has 15 heteroatoms. The quantitative estimate of drug-likeness (QED) is 0.0144. The number of ether oxygens (including phenoxy) is 4. The van der Waals surface area contributed by atoms with Crippen molar-refractivity contribution in [2.45, 2.75) is 272 Å². The Morgan fingerprint density at radius 3 is 1.56 bits per heavy atom. The highest BCUT2D eigenvalue weighted by Gasteiger charge is 2.38.